The van der Waals surface area contributed by atoms with E-state index in [0.717, 1.165) is 0 Å². The standard InChI is InChI=1S/C17H14ClNO5/c1-10(20)19-13-5-2-11(3-6-13)16(22)9-24-17(23)14-7-4-12(18)8-15(14)21/h2-8,21H,9H2,1H3,(H,19,20). The van der Waals surface area contributed by atoms with Crippen LogP contribution in [-0.4, -0.2) is 29.4 Å². The molecule has 6 nitrogen and oxygen atoms in total. The quantitative estimate of drug-likeness (QED) is 0.640. The van der Waals surface area contributed by atoms with Gasteiger partial charge in [0, 0.05) is 23.2 Å². The molecule has 2 N–H and O–H groups in total. The zero-order valence-corrected chi connectivity index (χ0v) is 13.5. The predicted octanol–water partition coefficient (Wildman–Crippen LogP) is 3.04. The average Bonchev–Trinajstić information content (AvgIpc) is 2.52. The summed E-state index contributed by atoms with van der Waals surface area (Å²) >= 11 is 5.68. The Morgan fingerprint density at radius 3 is 2.38 bits per heavy atom. The lowest BCUT2D eigenvalue weighted by molar-refractivity contribution is -0.114. The summed E-state index contributed by atoms with van der Waals surface area (Å²) in [6.45, 7) is 0.908. The summed E-state index contributed by atoms with van der Waals surface area (Å²) < 4.78 is 4.90. The van der Waals surface area contributed by atoms with E-state index in [0.29, 0.717) is 11.3 Å². The van der Waals surface area contributed by atoms with Crippen molar-refractivity contribution in [3.63, 3.8) is 0 Å². The van der Waals surface area contributed by atoms with E-state index < -0.39 is 18.4 Å². The van der Waals surface area contributed by atoms with Crippen molar-refractivity contribution in [2.75, 3.05) is 11.9 Å². The molecule has 0 atom stereocenters. The smallest absolute Gasteiger partial charge is 0.342 e. The van der Waals surface area contributed by atoms with E-state index in [-0.39, 0.29) is 22.2 Å². The second-order valence-electron chi connectivity index (χ2n) is 4.92. The molecule has 0 saturated heterocycles. The number of rotatable bonds is 5. The number of phenols is 1. The van der Waals surface area contributed by atoms with Crippen LogP contribution in [0, 0.1) is 0 Å². The molecule has 0 heterocycles. The third-order valence-electron chi connectivity index (χ3n) is 3.04. The second-order valence-corrected chi connectivity index (χ2v) is 5.36. The van der Waals surface area contributed by atoms with Gasteiger partial charge < -0.3 is 15.2 Å². The van der Waals surface area contributed by atoms with Crippen molar-refractivity contribution in [1.82, 2.24) is 0 Å². The predicted molar refractivity (Wildman–Crippen MR) is 88.5 cm³/mol. The van der Waals surface area contributed by atoms with Crippen LogP contribution < -0.4 is 5.32 Å². The van der Waals surface area contributed by atoms with Crippen molar-refractivity contribution < 1.29 is 24.2 Å². The number of esters is 1. The van der Waals surface area contributed by atoms with Crippen molar-refractivity contribution in [2.24, 2.45) is 0 Å². The molecule has 0 unspecified atom stereocenters. The van der Waals surface area contributed by atoms with Crippen LogP contribution in [0.4, 0.5) is 5.69 Å². The van der Waals surface area contributed by atoms with Gasteiger partial charge in [-0.15, -0.1) is 0 Å². The van der Waals surface area contributed by atoms with Crippen LogP contribution in [0.2, 0.25) is 5.02 Å². The first kappa shape index (κ1) is 17.5. The van der Waals surface area contributed by atoms with Gasteiger partial charge in [-0.2, -0.15) is 0 Å². The normalized spacial score (nSPS) is 10.1. The lowest BCUT2D eigenvalue weighted by Gasteiger charge is -2.07. The average molecular weight is 348 g/mol. The Labute approximate surface area is 143 Å². The van der Waals surface area contributed by atoms with E-state index in [4.69, 9.17) is 16.3 Å². The molecule has 2 rings (SSSR count). The van der Waals surface area contributed by atoms with Crippen molar-refractivity contribution in [3.8, 4) is 5.75 Å². The summed E-state index contributed by atoms with van der Waals surface area (Å²) in [5, 5.41) is 12.5. The molecule has 1 amide bonds. The van der Waals surface area contributed by atoms with Gasteiger partial charge >= 0.3 is 5.97 Å². The highest BCUT2D eigenvalue weighted by molar-refractivity contribution is 6.30. The summed E-state index contributed by atoms with van der Waals surface area (Å²) in [7, 11) is 0. The van der Waals surface area contributed by atoms with Crippen LogP contribution in [-0.2, 0) is 9.53 Å². The molecular formula is C17H14ClNO5. The van der Waals surface area contributed by atoms with Gasteiger partial charge in [-0.05, 0) is 42.5 Å². The first-order valence-electron chi connectivity index (χ1n) is 6.93. The molecule has 0 aromatic heterocycles. The maximum absolute atomic E-state index is 12.0. The number of amides is 1. The van der Waals surface area contributed by atoms with Gasteiger partial charge in [0.25, 0.3) is 0 Å². The van der Waals surface area contributed by atoms with Crippen LogP contribution in [0.3, 0.4) is 0 Å². The Kier molecular flexibility index (Phi) is 5.55. The maximum Gasteiger partial charge on any atom is 0.342 e. The maximum atomic E-state index is 12.0. The van der Waals surface area contributed by atoms with E-state index in [1.807, 2.05) is 0 Å². The molecule has 0 aliphatic rings. The van der Waals surface area contributed by atoms with Crippen LogP contribution >= 0.6 is 11.6 Å². The molecule has 0 aliphatic carbocycles. The van der Waals surface area contributed by atoms with Gasteiger partial charge in [-0.3, -0.25) is 9.59 Å². The fraction of sp³-hybridized carbons (Fsp3) is 0.118. The first-order valence-corrected chi connectivity index (χ1v) is 7.31. The van der Waals surface area contributed by atoms with Crippen molar-refractivity contribution >= 4 is 34.9 Å². The minimum atomic E-state index is -0.826. The SMILES string of the molecule is CC(=O)Nc1ccc(C(=O)COC(=O)c2ccc(Cl)cc2O)cc1. The van der Waals surface area contributed by atoms with Crippen LogP contribution in [0.15, 0.2) is 42.5 Å². The van der Waals surface area contributed by atoms with Crippen molar-refractivity contribution in [3.05, 3.63) is 58.6 Å². The number of halogens is 1. The van der Waals surface area contributed by atoms with E-state index in [9.17, 15) is 19.5 Å². The number of hydrogen-bond acceptors (Lipinski definition) is 5. The number of phenolic OH excluding ortho intramolecular Hbond substituents is 1. The molecule has 0 radical (unpaired) electrons. The summed E-state index contributed by atoms with van der Waals surface area (Å²) in [6.07, 6.45) is 0. The number of aromatic hydroxyl groups is 1. The monoisotopic (exact) mass is 347 g/mol. The molecule has 2 aromatic carbocycles. The first-order chi connectivity index (χ1) is 11.4. The fourth-order valence-corrected chi connectivity index (χ4v) is 2.08. The third kappa shape index (κ3) is 4.57. The number of benzene rings is 2. The molecule has 24 heavy (non-hydrogen) atoms. The molecular weight excluding hydrogens is 334 g/mol. The number of anilines is 1. The zero-order valence-electron chi connectivity index (χ0n) is 12.7. The third-order valence-corrected chi connectivity index (χ3v) is 3.28. The Hall–Kier alpha value is -2.86. The number of ketones is 1. The number of nitrogens with one attached hydrogen (secondary N) is 1. The molecule has 0 spiro atoms. The Morgan fingerprint density at radius 2 is 1.79 bits per heavy atom. The van der Waals surface area contributed by atoms with Crippen molar-refractivity contribution in [2.45, 2.75) is 6.92 Å². The lowest BCUT2D eigenvalue weighted by Crippen LogP contribution is -2.14. The number of ether oxygens (including phenoxy) is 1. The van der Waals surface area contributed by atoms with Gasteiger partial charge in [0.05, 0.1) is 0 Å². The van der Waals surface area contributed by atoms with Gasteiger partial charge in [0.1, 0.15) is 11.3 Å². The molecule has 124 valence electrons. The van der Waals surface area contributed by atoms with Gasteiger partial charge in [0.2, 0.25) is 5.91 Å². The van der Waals surface area contributed by atoms with E-state index >= 15 is 0 Å². The highest BCUT2D eigenvalue weighted by Crippen LogP contribution is 2.22. The highest BCUT2D eigenvalue weighted by Gasteiger charge is 2.15. The van der Waals surface area contributed by atoms with Gasteiger partial charge in [0.15, 0.2) is 12.4 Å². The minimum absolute atomic E-state index is 0.0757. The Morgan fingerprint density at radius 1 is 1.12 bits per heavy atom. The Bertz CT molecular complexity index is 786. The number of carbonyl (C=O) groups excluding carboxylic acids is 3. The molecule has 2 aromatic rings. The number of Topliss-reactive ketones (excluding diaryl/α,β-unsaturated/α-hetero) is 1. The summed E-state index contributed by atoms with van der Waals surface area (Å²) in [6, 6.07) is 10.1. The van der Waals surface area contributed by atoms with Gasteiger partial charge in [-0.1, -0.05) is 11.6 Å². The lowest BCUT2D eigenvalue weighted by atomic mass is 10.1. The zero-order chi connectivity index (χ0) is 17.7. The largest absolute Gasteiger partial charge is 0.507 e. The summed E-state index contributed by atoms with van der Waals surface area (Å²) in [4.78, 5) is 34.8. The van der Waals surface area contributed by atoms with Crippen LogP contribution in [0.1, 0.15) is 27.6 Å². The molecule has 0 fully saturated rings. The van der Waals surface area contributed by atoms with Crippen LogP contribution in [0.25, 0.3) is 0 Å². The van der Waals surface area contributed by atoms with E-state index in [2.05, 4.69) is 5.32 Å². The molecule has 7 heteroatoms. The topological polar surface area (TPSA) is 92.7 Å². The number of carbonyl (C=O) groups is 3. The summed E-state index contributed by atoms with van der Waals surface area (Å²) in [5.41, 5.74) is 0.813. The fourth-order valence-electron chi connectivity index (χ4n) is 1.91. The minimum Gasteiger partial charge on any atom is -0.507 e. The molecule has 0 bridgehead atoms. The van der Waals surface area contributed by atoms with E-state index in [1.54, 1.807) is 12.1 Å². The number of hydrogen-bond donors (Lipinski definition) is 2. The van der Waals surface area contributed by atoms with Crippen molar-refractivity contribution in [1.29, 1.82) is 0 Å². The molecule has 0 aliphatic heterocycles. The van der Waals surface area contributed by atoms with Gasteiger partial charge in [-0.25, -0.2) is 4.79 Å². The second kappa shape index (κ2) is 7.61. The Balaban J connectivity index is 1.97. The van der Waals surface area contributed by atoms with E-state index in [1.165, 1.54) is 37.3 Å². The van der Waals surface area contributed by atoms with Crippen LogP contribution in [0.5, 0.6) is 5.75 Å². The highest BCUT2D eigenvalue weighted by atomic mass is 35.5. The molecule has 0 saturated carbocycles. The summed E-state index contributed by atoms with van der Waals surface area (Å²) in [5.74, 6) is -1.77.